The molecule has 0 aliphatic carbocycles. The molecule has 0 fully saturated rings. The lowest BCUT2D eigenvalue weighted by Crippen LogP contribution is -2.38. The van der Waals surface area contributed by atoms with Gasteiger partial charge in [0.2, 0.25) is 5.91 Å². The quantitative estimate of drug-likeness (QED) is 0.594. The van der Waals surface area contributed by atoms with Gasteiger partial charge in [-0.1, -0.05) is 6.92 Å². The fraction of sp³-hybridized carbons (Fsp3) is 0.909. The van der Waals surface area contributed by atoms with E-state index in [-0.39, 0.29) is 5.91 Å². The number of carbonyl (C=O) groups excluding carboxylic acids is 1. The van der Waals surface area contributed by atoms with Crippen molar-refractivity contribution in [3.05, 3.63) is 0 Å². The Balaban J connectivity index is 3.32. The fourth-order valence-electron chi connectivity index (χ4n) is 1.31. The normalized spacial score (nSPS) is 12.5. The smallest absolute Gasteiger partial charge is 0.220 e. The number of hydrogen-bond donors (Lipinski definition) is 2. The molecule has 0 aromatic carbocycles. The third-order valence-electron chi connectivity index (χ3n) is 2.16. The SMILES string of the molecule is CCN[C@H](C)CNC(=O)CCCCSC. The van der Waals surface area contributed by atoms with Crippen LogP contribution in [0.4, 0.5) is 0 Å². The van der Waals surface area contributed by atoms with E-state index >= 15 is 0 Å². The average Bonchev–Trinajstić information content (AvgIpc) is 2.22. The number of likely N-dealkylation sites (N-methyl/N-ethyl adjacent to an activating group) is 1. The molecule has 0 heterocycles. The Bertz CT molecular complexity index is 165. The summed E-state index contributed by atoms with van der Waals surface area (Å²) in [6.07, 6.45) is 4.90. The molecule has 0 bridgehead atoms. The van der Waals surface area contributed by atoms with E-state index in [9.17, 15) is 4.79 Å². The van der Waals surface area contributed by atoms with Crippen molar-refractivity contribution in [3.8, 4) is 0 Å². The maximum atomic E-state index is 11.4. The Kier molecular flexibility index (Phi) is 10.2. The molecular formula is C11H24N2OS. The van der Waals surface area contributed by atoms with Gasteiger partial charge >= 0.3 is 0 Å². The summed E-state index contributed by atoms with van der Waals surface area (Å²) in [7, 11) is 0. The third-order valence-corrected chi connectivity index (χ3v) is 2.86. The van der Waals surface area contributed by atoms with Gasteiger partial charge in [0, 0.05) is 19.0 Å². The maximum Gasteiger partial charge on any atom is 0.220 e. The van der Waals surface area contributed by atoms with Crippen LogP contribution in [-0.2, 0) is 4.79 Å². The summed E-state index contributed by atoms with van der Waals surface area (Å²) in [4.78, 5) is 11.4. The number of nitrogens with one attached hydrogen (secondary N) is 2. The highest BCUT2D eigenvalue weighted by molar-refractivity contribution is 7.98. The number of thioether (sulfide) groups is 1. The number of carbonyl (C=O) groups is 1. The van der Waals surface area contributed by atoms with Gasteiger partial charge < -0.3 is 10.6 Å². The van der Waals surface area contributed by atoms with Crippen molar-refractivity contribution < 1.29 is 4.79 Å². The van der Waals surface area contributed by atoms with Crippen LogP contribution in [0.1, 0.15) is 33.1 Å². The first-order valence-electron chi connectivity index (χ1n) is 5.69. The van der Waals surface area contributed by atoms with Crippen LogP contribution in [0.5, 0.6) is 0 Å². The molecule has 0 saturated heterocycles. The molecule has 2 N–H and O–H groups in total. The van der Waals surface area contributed by atoms with Crippen LogP contribution < -0.4 is 10.6 Å². The molecule has 0 unspecified atom stereocenters. The topological polar surface area (TPSA) is 41.1 Å². The summed E-state index contributed by atoms with van der Waals surface area (Å²) in [6, 6.07) is 0.366. The van der Waals surface area contributed by atoms with Crippen molar-refractivity contribution >= 4 is 17.7 Å². The minimum atomic E-state index is 0.181. The van der Waals surface area contributed by atoms with Crippen molar-refractivity contribution in [2.45, 2.75) is 39.2 Å². The highest BCUT2D eigenvalue weighted by Gasteiger charge is 2.03. The Hall–Kier alpha value is -0.220. The fourth-order valence-corrected chi connectivity index (χ4v) is 1.80. The maximum absolute atomic E-state index is 11.4. The zero-order valence-corrected chi connectivity index (χ0v) is 11.0. The van der Waals surface area contributed by atoms with Crippen molar-refractivity contribution in [1.29, 1.82) is 0 Å². The lowest BCUT2D eigenvalue weighted by molar-refractivity contribution is -0.121. The van der Waals surface area contributed by atoms with Crippen LogP contribution in [0.25, 0.3) is 0 Å². The van der Waals surface area contributed by atoms with Gasteiger partial charge in [0.1, 0.15) is 0 Å². The van der Waals surface area contributed by atoms with Gasteiger partial charge in [-0.2, -0.15) is 11.8 Å². The largest absolute Gasteiger partial charge is 0.355 e. The highest BCUT2D eigenvalue weighted by Crippen LogP contribution is 2.01. The molecule has 0 aromatic rings. The molecule has 0 saturated carbocycles. The van der Waals surface area contributed by atoms with Crippen molar-refractivity contribution in [2.24, 2.45) is 0 Å². The molecule has 4 heteroatoms. The van der Waals surface area contributed by atoms with Crippen molar-refractivity contribution in [2.75, 3.05) is 25.1 Å². The summed E-state index contributed by atoms with van der Waals surface area (Å²) in [5, 5.41) is 6.20. The number of rotatable bonds is 9. The lowest BCUT2D eigenvalue weighted by atomic mass is 10.2. The van der Waals surface area contributed by atoms with Gasteiger partial charge in [0.15, 0.2) is 0 Å². The Labute approximate surface area is 97.8 Å². The molecule has 0 rings (SSSR count). The third kappa shape index (κ3) is 10.1. The first-order valence-corrected chi connectivity index (χ1v) is 7.09. The lowest BCUT2D eigenvalue weighted by Gasteiger charge is -2.12. The van der Waals surface area contributed by atoms with E-state index < -0.39 is 0 Å². The van der Waals surface area contributed by atoms with E-state index in [4.69, 9.17) is 0 Å². The predicted molar refractivity (Wildman–Crippen MR) is 68.4 cm³/mol. The van der Waals surface area contributed by atoms with E-state index in [1.165, 1.54) is 0 Å². The Morgan fingerprint density at radius 3 is 2.73 bits per heavy atom. The minimum absolute atomic E-state index is 0.181. The van der Waals surface area contributed by atoms with Crippen LogP contribution in [0.3, 0.4) is 0 Å². The molecule has 1 atom stereocenters. The Morgan fingerprint density at radius 2 is 2.13 bits per heavy atom. The molecule has 1 amide bonds. The van der Waals surface area contributed by atoms with E-state index in [1.54, 1.807) is 0 Å². The average molecular weight is 232 g/mol. The van der Waals surface area contributed by atoms with Gasteiger partial charge in [-0.3, -0.25) is 4.79 Å². The van der Waals surface area contributed by atoms with Gasteiger partial charge in [-0.05, 0) is 38.3 Å². The first-order chi connectivity index (χ1) is 7.20. The zero-order chi connectivity index (χ0) is 11.5. The summed E-state index contributed by atoms with van der Waals surface area (Å²) < 4.78 is 0. The molecule has 90 valence electrons. The first kappa shape index (κ1) is 14.8. The molecule has 0 radical (unpaired) electrons. The van der Waals surface area contributed by atoms with Crippen molar-refractivity contribution in [3.63, 3.8) is 0 Å². The molecular weight excluding hydrogens is 208 g/mol. The second-order valence-electron chi connectivity index (χ2n) is 3.71. The highest BCUT2D eigenvalue weighted by atomic mass is 32.2. The molecule has 0 aliphatic heterocycles. The van der Waals surface area contributed by atoms with Crippen LogP contribution in [0.2, 0.25) is 0 Å². The zero-order valence-electron chi connectivity index (χ0n) is 10.1. The summed E-state index contributed by atoms with van der Waals surface area (Å²) >= 11 is 1.84. The van der Waals surface area contributed by atoms with Gasteiger partial charge in [0.25, 0.3) is 0 Å². The van der Waals surface area contributed by atoms with Gasteiger partial charge in [-0.25, -0.2) is 0 Å². The molecule has 15 heavy (non-hydrogen) atoms. The number of amides is 1. The van der Waals surface area contributed by atoms with E-state index in [0.717, 1.165) is 31.7 Å². The second-order valence-corrected chi connectivity index (χ2v) is 4.70. The van der Waals surface area contributed by atoms with E-state index in [0.29, 0.717) is 12.5 Å². The monoisotopic (exact) mass is 232 g/mol. The van der Waals surface area contributed by atoms with E-state index in [2.05, 4.69) is 30.7 Å². The number of hydrogen-bond acceptors (Lipinski definition) is 3. The molecule has 3 nitrogen and oxygen atoms in total. The van der Waals surface area contributed by atoms with Crippen molar-refractivity contribution in [1.82, 2.24) is 10.6 Å². The molecule has 0 spiro atoms. The predicted octanol–water partition coefficient (Wildman–Crippen LogP) is 1.63. The summed E-state index contributed by atoms with van der Waals surface area (Å²) in [6.45, 7) is 5.83. The van der Waals surface area contributed by atoms with Crippen LogP contribution >= 0.6 is 11.8 Å². The van der Waals surface area contributed by atoms with Gasteiger partial charge in [-0.15, -0.1) is 0 Å². The van der Waals surface area contributed by atoms with Crippen LogP contribution in [-0.4, -0.2) is 37.0 Å². The summed E-state index contributed by atoms with van der Waals surface area (Å²) in [5.74, 6) is 1.34. The Morgan fingerprint density at radius 1 is 1.40 bits per heavy atom. The second kappa shape index (κ2) is 10.3. The summed E-state index contributed by atoms with van der Waals surface area (Å²) in [5.41, 5.74) is 0. The van der Waals surface area contributed by atoms with Gasteiger partial charge in [0.05, 0.1) is 0 Å². The number of unbranched alkanes of at least 4 members (excludes halogenated alkanes) is 1. The molecule has 0 aliphatic rings. The van der Waals surface area contributed by atoms with Crippen LogP contribution in [0, 0.1) is 0 Å². The minimum Gasteiger partial charge on any atom is -0.355 e. The van der Waals surface area contributed by atoms with E-state index in [1.807, 2.05) is 11.8 Å². The standard InChI is InChI=1S/C11H24N2OS/c1-4-12-10(2)9-13-11(14)7-5-6-8-15-3/h10,12H,4-9H2,1-3H3,(H,13,14)/t10-/m1/s1. The molecule has 0 aromatic heterocycles. The van der Waals surface area contributed by atoms with Crippen LogP contribution in [0.15, 0.2) is 0 Å².